The van der Waals surface area contributed by atoms with Crippen molar-refractivity contribution >= 4 is 66.1 Å². The fourth-order valence-corrected chi connectivity index (χ4v) is 6.53. The number of fused-ring (bicyclic) bond motifs is 2. The summed E-state index contributed by atoms with van der Waals surface area (Å²) in [4.78, 5) is 37.1. The third kappa shape index (κ3) is 7.46. The lowest BCUT2D eigenvalue weighted by molar-refractivity contribution is -0.141. The summed E-state index contributed by atoms with van der Waals surface area (Å²) in [6.45, 7) is 3.65. The quantitative estimate of drug-likeness (QED) is 0.0651. The Morgan fingerprint density at radius 2 is 1.55 bits per heavy atom. The van der Waals surface area contributed by atoms with Gasteiger partial charge in [0.05, 0.1) is 42.2 Å². The van der Waals surface area contributed by atoms with E-state index in [0.717, 1.165) is 21.4 Å². The minimum Gasteiger partial charge on any atom is -0.495 e. The standard InChI is InChI=1S/C31H34FNO9S2/c1-15(30(36)37)8-20(34)26-11-17-10-19(22(40-3)13-24(17)43-26)33-6-5-7-42-29-23(41-4)14-25-18(28(29)32)12-27(44-25)21(35)9-16(2)31(38)39/h10-16,30,33,36-37H,5-9H2,1-4H3,(H,38,39)/t15-,16-/m0/s1. The number of ether oxygens (including phenoxy) is 3. The van der Waals surface area contributed by atoms with Gasteiger partial charge in [-0.05, 0) is 30.0 Å². The molecule has 2 heterocycles. The van der Waals surface area contributed by atoms with E-state index in [-0.39, 0.29) is 52.8 Å². The van der Waals surface area contributed by atoms with Crippen LogP contribution in [0, 0.1) is 17.7 Å². The highest BCUT2D eigenvalue weighted by molar-refractivity contribution is 7.21. The molecule has 0 radical (unpaired) electrons. The number of carboxylic acids is 1. The average Bonchev–Trinajstić information content (AvgIpc) is 3.61. The Morgan fingerprint density at radius 3 is 2.20 bits per heavy atom. The summed E-state index contributed by atoms with van der Waals surface area (Å²) in [5, 5.41) is 32.0. The topological polar surface area (TPSA) is 152 Å². The Balaban J connectivity index is 1.41. The predicted octanol–water partition coefficient (Wildman–Crippen LogP) is 5.97. The fourth-order valence-electron chi connectivity index (χ4n) is 4.47. The van der Waals surface area contributed by atoms with Gasteiger partial charge in [-0.25, -0.2) is 4.39 Å². The zero-order valence-corrected chi connectivity index (χ0v) is 26.3. The molecule has 2 atom stereocenters. The maximum Gasteiger partial charge on any atom is 0.306 e. The van der Waals surface area contributed by atoms with Crippen molar-refractivity contribution in [1.29, 1.82) is 0 Å². The van der Waals surface area contributed by atoms with Crippen molar-refractivity contribution in [2.24, 2.45) is 11.8 Å². The molecule has 10 nitrogen and oxygen atoms in total. The molecule has 44 heavy (non-hydrogen) atoms. The number of halogens is 1. The van der Waals surface area contributed by atoms with E-state index < -0.39 is 29.9 Å². The second kappa shape index (κ2) is 14.3. The number of carbonyl (C=O) groups excluding carboxylic acids is 2. The Hall–Kier alpha value is -3.78. The zero-order chi connectivity index (χ0) is 32.1. The van der Waals surface area contributed by atoms with Gasteiger partial charge in [0, 0.05) is 52.2 Å². The first-order valence-electron chi connectivity index (χ1n) is 13.9. The number of nitrogens with one attached hydrogen (secondary N) is 1. The van der Waals surface area contributed by atoms with Gasteiger partial charge in [-0.15, -0.1) is 22.7 Å². The normalized spacial score (nSPS) is 12.8. The maximum atomic E-state index is 15.5. The summed E-state index contributed by atoms with van der Waals surface area (Å²) in [5.41, 5.74) is 0.703. The highest BCUT2D eigenvalue weighted by Gasteiger charge is 2.23. The number of thiophene rings is 2. The first-order chi connectivity index (χ1) is 20.9. The number of aliphatic hydroxyl groups excluding tert-OH is 1. The zero-order valence-electron chi connectivity index (χ0n) is 24.6. The number of aliphatic carboxylic acids is 1. The number of aliphatic hydroxyl groups is 2. The van der Waals surface area contributed by atoms with Gasteiger partial charge in [0.15, 0.2) is 35.2 Å². The van der Waals surface area contributed by atoms with Crippen molar-refractivity contribution in [2.75, 3.05) is 32.7 Å². The number of Topliss-reactive ketones (excluding diaryl/α,β-unsaturated/α-hetero) is 2. The van der Waals surface area contributed by atoms with Crippen molar-refractivity contribution in [2.45, 2.75) is 39.4 Å². The molecule has 0 amide bonds. The van der Waals surface area contributed by atoms with Gasteiger partial charge in [-0.2, -0.15) is 0 Å². The number of anilines is 1. The summed E-state index contributed by atoms with van der Waals surface area (Å²) < 4.78 is 33.5. The van der Waals surface area contributed by atoms with Crippen LogP contribution < -0.4 is 19.5 Å². The molecule has 0 saturated heterocycles. The lowest BCUT2D eigenvalue weighted by Crippen LogP contribution is -2.19. The fraction of sp³-hybridized carbons (Fsp3) is 0.387. The molecule has 4 N–H and O–H groups in total. The van der Waals surface area contributed by atoms with Gasteiger partial charge in [-0.3, -0.25) is 14.4 Å². The van der Waals surface area contributed by atoms with Crippen molar-refractivity contribution in [3.8, 4) is 17.2 Å². The van der Waals surface area contributed by atoms with Gasteiger partial charge >= 0.3 is 5.97 Å². The van der Waals surface area contributed by atoms with Crippen molar-refractivity contribution in [3.05, 3.63) is 45.9 Å². The van der Waals surface area contributed by atoms with Crippen molar-refractivity contribution < 1.29 is 48.3 Å². The molecule has 13 heteroatoms. The van der Waals surface area contributed by atoms with Crippen LogP contribution in [0.1, 0.15) is 52.5 Å². The van der Waals surface area contributed by atoms with Crippen molar-refractivity contribution in [1.82, 2.24) is 0 Å². The second-order valence-electron chi connectivity index (χ2n) is 10.5. The molecule has 4 aromatic rings. The van der Waals surface area contributed by atoms with E-state index >= 15 is 4.39 Å². The molecular formula is C31H34FNO9S2. The van der Waals surface area contributed by atoms with Crippen LogP contribution in [0.5, 0.6) is 17.2 Å². The lowest BCUT2D eigenvalue weighted by atomic mass is 10.0. The molecule has 0 aliphatic rings. The number of methoxy groups -OCH3 is 2. The van der Waals surface area contributed by atoms with E-state index in [2.05, 4.69) is 5.32 Å². The molecule has 2 aromatic heterocycles. The van der Waals surface area contributed by atoms with Gasteiger partial charge in [0.1, 0.15) is 5.75 Å². The minimum absolute atomic E-state index is 0.0167. The number of hydrogen-bond acceptors (Lipinski definition) is 11. The Bertz CT molecular complexity index is 1680. The molecule has 236 valence electrons. The Labute approximate surface area is 261 Å². The van der Waals surface area contributed by atoms with E-state index in [1.165, 1.54) is 31.4 Å². The third-order valence-electron chi connectivity index (χ3n) is 7.10. The van der Waals surface area contributed by atoms with Crippen LogP contribution in [0.2, 0.25) is 0 Å². The van der Waals surface area contributed by atoms with Crippen LogP contribution in [0.3, 0.4) is 0 Å². The Morgan fingerprint density at radius 1 is 0.909 bits per heavy atom. The summed E-state index contributed by atoms with van der Waals surface area (Å²) in [6, 6.07) is 8.49. The van der Waals surface area contributed by atoms with E-state index in [0.29, 0.717) is 34.0 Å². The smallest absolute Gasteiger partial charge is 0.306 e. The highest BCUT2D eigenvalue weighted by atomic mass is 32.1. The highest BCUT2D eigenvalue weighted by Crippen LogP contribution is 2.41. The molecule has 0 aliphatic heterocycles. The molecule has 2 aromatic carbocycles. The van der Waals surface area contributed by atoms with E-state index in [4.69, 9.17) is 19.3 Å². The van der Waals surface area contributed by atoms with E-state index in [9.17, 15) is 24.6 Å². The maximum absolute atomic E-state index is 15.5. The number of carbonyl (C=O) groups is 3. The number of hydrogen-bond donors (Lipinski definition) is 4. The number of benzene rings is 2. The van der Waals surface area contributed by atoms with Gasteiger partial charge in [-0.1, -0.05) is 13.8 Å². The number of ketones is 2. The van der Waals surface area contributed by atoms with Crippen LogP contribution in [0.25, 0.3) is 20.2 Å². The lowest BCUT2D eigenvalue weighted by Gasteiger charge is -2.14. The first kappa shape index (κ1) is 33.1. The molecule has 0 fully saturated rings. The van der Waals surface area contributed by atoms with Crippen LogP contribution in [-0.2, 0) is 4.79 Å². The number of rotatable bonds is 16. The van der Waals surface area contributed by atoms with Crippen LogP contribution in [0.15, 0.2) is 30.3 Å². The summed E-state index contributed by atoms with van der Waals surface area (Å²) in [7, 11) is 2.94. The molecule has 0 bridgehead atoms. The molecule has 4 rings (SSSR count). The van der Waals surface area contributed by atoms with E-state index in [1.807, 2.05) is 12.1 Å². The van der Waals surface area contributed by atoms with Crippen molar-refractivity contribution in [3.63, 3.8) is 0 Å². The molecular weight excluding hydrogens is 613 g/mol. The summed E-state index contributed by atoms with van der Waals surface area (Å²) in [6.07, 6.45) is -1.25. The predicted molar refractivity (Wildman–Crippen MR) is 167 cm³/mol. The van der Waals surface area contributed by atoms with Crippen LogP contribution >= 0.6 is 22.7 Å². The van der Waals surface area contributed by atoms with Crippen LogP contribution in [0.4, 0.5) is 10.1 Å². The SMILES string of the molecule is COc1cc2sc(C(=O)C[C@H](C)C(O)O)cc2cc1NCCCOc1c(OC)cc2sc(C(=O)C[C@H](C)C(=O)O)cc2c1F. The molecule has 0 spiro atoms. The minimum atomic E-state index is -1.56. The first-order valence-corrected chi connectivity index (χ1v) is 15.5. The van der Waals surface area contributed by atoms with E-state index in [1.54, 1.807) is 26.2 Å². The summed E-state index contributed by atoms with van der Waals surface area (Å²) in [5.74, 6) is -3.02. The van der Waals surface area contributed by atoms with Gasteiger partial charge < -0.3 is 34.8 Å². The third-order valence-corrected chi connectivity index (χ3v) is 9.37. The second-order valence-corrected chi connectivity index (χ2v) is 12.6. The summed E-state index contributed by atoms with van der Waals surface area (Å²) >= 11 is 2.38. The molecule has 0 saturated carbocycles. The number of carboxylic acid groups (broad SMARTS) is 1. The Kier molecular flexibility index (Phi) is 10.8. The molecule has 0 unspecified atom stereocenters. The van der Waals surface area contributed by atoms with Crippen LogP contribution in [-0.4, -0.2) is 66.5 Å². The monoisotopic (exact) mass is 647 g/mol. The average molecular weight is 648 g/mol. The largest absolute Gasteiger partial charge is 0.495 e. The van der Waals surface area contributed by atoms with Gasteiger partial charge in [0.2, 0.25) is 0 Å². The molecule has 0 aliphatic carbocycles. The van der Waals surface area contributed by atoms with Gasteiger partial charge in [0.25, 0.3) is 0 Å².